The summed E-state index contributed by atoms with van der Waals surface area (Å²) in [6, 6.07) is 13.1. The monoisotopic (exact) mass is 406 g/mol. The van der Waals surface area contributed by atoms with E-state index in [1.165, 1.54) is 22.3 Å². The van der Waals surface area contributed by atoms with Crippen LogP contribution in [0.4, 0.5) is 4.79 Å². The number of aryl methyl sites for hydroxylation is 1. The minimum Gasteiger partial charge on any atom is -0.444 e. The highest BCUT2D eigenvalue weighted by Crippen LogP contribution is 2.28. The molecule has 2 heterocycles. The first-order valence-electron chi connectivity index (χ1n) is 10.5. The van der Waals surface area contributed by atoms with Gasteiger partial charge in [-0.05, 0) is 62.1 Å². The van der Waals surface area contributed by atoms with E-state index in [0.29, 0.717) is 13.1 Å². The van der Waals surface area contributed by atoms with Gasteiger partial charge in [0.25, 0.3) is 0 Å². The Labute approximate surface area is 177 Å². The lowest BCUT2D eigenvalue weighted by atomic mass is 9.98. The molecule has 6 nitrogen and oxygen atoms in total. The molecule has 3 aromatic rings. The number of carbonyl (C=O) groups is 1. The Bertz CT molecular complexity index is 1030. The summed E-state index contributed by atoms with van der Waals surface area (Å²) in [5.74, 6) is 0. The fraction of sp³-hybridized carbons (Fsp3) is 0.417. The van der Waals surface area contributed by atoms with E-state index in [1.54, 1.807) is 4.90 Å². The summed E-state index contributed by atoms with van der Waals surface area (Å²) in [6.07, 6.45) is 1.65. The van der Waals surface area contributed by atoms with Crippen molar-refractivity contribution in [2.75, 3.05) is 26.2 Å². The van der Waals surface area contributed by atoms with Gasteiger partial charge < -0.3 is 9.64 Å². The van der Waals surface area contributed by atoms with Crippen LogP contribution >= 0.6 is 0 Å². The quantitative estimate of drug-likeness (QED) is 0.691. The van der Waals surface area contributed by atoms with Crippen molar-refractivity contribution in [1.82, 2.24) is 20.0 Å². The number of hydrogen-bond donors (Lipinski definition) is 1. The van der Waals surface area contributed by atoms with Crippen LogP contribution in [0.1, 0.15) is 31.9 Å². The number of hydrogen-bond acceptors (Lipinski definition) is 4. The molecule has 1 aromatic heterocycles. The molecule has 0 saturated carbocycles. The lowest BCUT2D eigenvalue weighted by Crippen LogP contribution is -2.49. The fourth-order valence-electron chi connectivity index (χ4n) is 3.87. The van der Waals surface area contributed by atoms with Crippen LogP contribution in [0.25, 0.3) is 22.0 Å². The number of ether oxygens (including phenoxy) is 1. The number of benzene rings is 2. The van der Waals surface area contributed by atoms with Crippen molar-refractivity contribution in [3.05, 3.63) is 53.7 Å². The second-order valence-electron chi connectivity index (χ2n) is 9.06. The number of nitrogens with one attached hydrogen (secondary N) is 1. The Morgan fingerprint density at radius 3 is 2.47 bits per heavy atom. The van der Waals surface area contributed by atoms with Gasteiger partial charge in [0, 0.05) is 38.1 Å². The van der Waals surface area contributed by atoms with E-state index in [-0.39, 0.29) is 6.09 Å². The van der Waals surface area contributed by atoms with Crippen LogP contribution in [-0.4, -0.2) is 57.9 Å². The van der Waals surface area contributed by atoms with E-state index in [0.717, 1.165) is 30.5 Å². The molecule has 0 spiro atoms. The van der Waals surface area contributed by atoms with E-state index >= 15 is 0 Å². The zero-order chi connectivity index (χ0) is 21.3. The standard InChI is InChI=1S/C24H30N4O2/c1-17-13-22-20(15-25-26-22)14-21(17)19-7-5-18(6-8-19)16-27-9-11-28(12-10-27)23(29)30-24(2,3)4/h5-8,13-15H,9-12,16H2,1-4H3,(H,25,26). The predicted molar refractivity (Wildman–Crippen MR) is 119 cm³/mol. The average molecular weight is 407 g/mol. The maximum atomic E-state index is 12.2. The molecule has 0 atom stereocenters. The maximum absolute atomic E-state index is 12.2. The summed E-state index contributed by atoms with van der Waals surface area (Å²) in [5.41, 5.74) is 5.59. The van der Waals surface area contributed by atoms with Crippen LogP contribution in [0, 0.1) is 6.92 Å². The summed E-state index contributed by atoms with van der Waals surface area (Å²) in [7, 11) is 0. The summed E-state index contributed by atoms with van der Waals surface area (Å²) in [6.45, 7) is 11.9. The first kappa shape index (κ1) is 20.4. The van der Waals surface area contributed by atoms with Crippen molar-refractivity contribution in [3.8, 4) is 11.1 Å². The van der Waals surface area contributed by atoms with Crippen LogP contribution in [0.2, 0.25) is 0 Å². The van der Waals surface area contributed by atoms with Crippen molar-refractivity contribution >= 4 is 17.0 Å². The van der Waals surface area contributed by atoms with Crippen molar-refractivity contribution in [1.29, 1.82) is 0 Å². The minimum atomic E-state index is -0.448. The lowest BCUT2D eigenvalue weighted by molar-refractivity contribution is 0.0139. The van der Waals surface area contributed by atoms with Gasteiger partial charge in [0.15, 0.2) is 0 Å². The molecular formula is C24H30N4O2. The highest BCUT2D eigenvalue weighted by atomic mass is 16.6. The molecular weight excluding hydrogens is 376 g/mol. The Morgan fingerprint density at radius 1 is 1.10 bits per heavy atom. The molecule has 0 aliphatic carbocycles. The highest BCUT2D eigenvalue weighted by molar-refractivity contribution is 5.86. The van der Waals surface area contributed by atoms with Crippen molar-refractivity contribution in [3.63, 3.8) is 0 Å². The Morgan fingerprint density at radius 2 is 1.80 bits per heavy atom. The average Bonchev–Trinajstić information content (AvgIpc) is 3.14. The van der Waals surface area contributed by atoms with E-state index in [1.807, 2.05) is 27.0 Å². The normalized spacial score (nSPS) is 15.5. The van der Waals surface area contributed by atoms with Gasteiger partial charge in [-0.25, -0.2) is 4.79 Å². The second-order valence-corrected chi connectivity index (χ2v) is 9.06. The molecule has 4 rings (SSSR count). The second kappa shape index (κ2) is 8.11. The van der Waals surface area contributed by atoms with Crippen LogP contribution in [-0.2, 0) is 11.3 Å². The van der Waals surface area contributed by atoms with Crippen LogP contribution < -0.4 is 0 Å². The Kier molecular flexibility index (Phi) is 5.52. The minimum absolute atomic E-state index is 0.212. The van der Waals surface area contributed by atoms with Gasteiger partial charge in [-0.1, -0.05) is 24.3 Å². The van der Waals surface area contributed by atoms with Crippen molar-refractivity contribution in [2.45, 2.75) is 39.8 Å². The maximum Gasteiger partial charge on any atom is 0.410 e. The zero-order valence-corrected chi connectivity index (χ0v) is 18.2. The smallest absolute Gasteiger partial charge is 0.410 e. The van der Waals surface area contributed by atoms with E-state index in [9.17, 15) is 4.79 Å². The molecule has 0 unspecified atom stereocenters. The lowest BCUT2D eigenvalue weighted by Gasteiger charge is -2.35. The molecule has 1 aliphatic heterocycles. The van der Waals surface area contributed by atoms with Gasteiger partial charge in [-0.15, -0.1) is 0 Å². The van der Waals surface area contributed by atoms with Gasteiger partial charge in [-0.3, -0.25) is 10.00 Å². The van der Waals surface area contributed by atoms with Crippen molar-refractivity contribution in [2.24, 2.45) is 0 Å². The molecule has 1 saturated heterocycles. The first-order valence-corrected chi connectivity index (χ1v) is 10.5. The number of carbonyl (C=O) groups excluding carboxylic acids is 1. The number of fused-ring (bicyclic) bond motifs is 1. The number of aromatic amines is 1. The molecule has 0 bridgehead atoms. The van der Waals surface area contributed by atoms with E-state index < -0.39 is 5.60 Å². The summed E-state index contributed by atoms with van der Waals surface area (Å²) in [4.78, 5) is 16.4. The Hall–Kier alpha value is -2.86. The fourth-order valence-corrected chi connectivity index (χ4v) is 3.87. The van der Waals surface area contributed by atoms with E-state index in [2.05, 4.69) is 58.4 Å². The van der Waals surface area contributed by atoms with Gasteiger partial charge >= 0.3 is 6.09 Å². The third kappa shape index (κ3) is 4.65. The van der Waals surface area contributed by atoms with Gasteiger partial charge in [0.05, 0.1) is 11.7 Å². The van der Waals surface area contributed by atoms with Gasteiger partial charge in [0.2, 0.25) is 0 Å². The van der Waals surface area contributed by atoms with Gasteiger partial charge in [-0.2, -0.15) is 5.10 Å². The number of H-pyrrole nitrogens is 1. The summed E-state index contributed by atoms with van der Waals surface area (Å²) in [5, 5.41) is 8.28. The van der Waals surface area contributed by atoms with Crippen LogP contribution in [0.15, 0.2) is 42.6 Å². The van der Waals surface area contributed by atoms with E-state index in [4.69, 9.17) is 4.74 Å². The molecule has 6 heteroatoms. The highest BCUT2D eigenvalue weighted by Gasteiger charge is 2.25. The molecule has 1 N–H and O–H groups in total. The number of aromatic nitrogens is 2. The molecule has 0 radical (unpaired) electrons. The molecule has 30 heavy (non-hydrogen) atoms. The van der Waals surface area contributed by atoms with Crippen LogP contribution in [0.5, 0.6) is 0 Å². The molecule has 2 aromatic carbocycles. The zero-order valence-electron chi connectivity index (χ0n) is 18.2. The molecule has 158 valence electrons. The van der Waals surface area contributed by atoms with Crippen LogP contribution in [0.3, 0.4) is 0 Å². The van der Waals surface area contributed by atoms with Gasteiger partial charge in [0.1, 0.15) is 5.60 Å². The third-order valence-electron chi connectivity index (χ3n) is 5.48. The first-order chi connectivity index (χ1) is 14.3. The number of amides is 1. The number of nitrogens with zero attached hydrogens (tertiary/aromatic N) is 3. The number of piperazine rings is 1. The predicted octanol–water partition coefficient (Wildman–Crippen LogP) is 4.59. The molecule has 1 aliphatic rings. The third-order valence-corrected chi connectivity index (χ3v) is 5.48. The Balaban J connectivity index is 1.36. The molecule has 1 fully saturated rings. The topological polar surface area (TPSA) is 61.5 Å². The molecule has 1 amide bonds. The van der Waals surface area contributed by atoms with Crippen molar-refractivity contribution < 1.29 is 9.53 Å². The summed E-state index contributed by atoms with van der Waals surface area (Å²) < 4.78 is 5.48. The largest absolute Gasteiger partial charge is 0.444 e. The SMILES string of the molecule is Cc1cc2[nH]ncc2cc1-c1ccc(CN2CCN(C(=O)OC(C)(C)C)CC2)cc1. The summed E-state index contributed by atoms with van der Waals surface area (Å²) >= 11 is 0. The number of rotatable bonds is 3.